The van der Waals surface area contributed by atoms with Gasteiger partial charge < -0.3 is 11.1 Å². The van der Waals surface area contributed by atoms with E-state index in [4.69, 9.17) is 5.73 Å². The highest BCUT2D eigenvalue weighted by Crippen LogP contribution is 2.27. The second kappa shape index (κ2) is 5.97. The maximum absolute atomic E-state index is 11.6. The van der Waals surface area contributed by atoms with E-state index in [0.29, 0.717) is 6.04 Å². The Morgan fingerprint density at radius 2 is 2.16 bits per heavy atom. The second-order valence-electron chi connectivity index (χ2n) is 5.48. The normalized spacial score (nSPS) is 18.0. The van der Waals surface area contributed by atoms with E-state index < -0.39 is 5.54 Å². The molecule has 1 aliphatic carbocycles. The summed E-state index contributed by atoms with van der Waals surface area (Å²) < 4.78 is 0. The SMILES string of the molecule is Cc1ccccc1SCCC(C)(NC1CC1)C(N)=O. The molecule has 0 saturated heterocycles. The molecule has 0 heterocycles. The zero-order valence-electron chi connectivity index (χ0n) is 11.6. The molecule has 19 heavy (non-hydrogen) atoms. The molecule has 0 spiro atoms. The fraction of sp³-hybridized carbons (Fsp3) is 0.533. The highest BCUT2D eigenvalue weighted by atomic mass is 32.2. The van der Waals surface area contributed by atoms with Gasteiger partial charge >= 0.3 is 0 Å². The molecule has 1 amide bonds. The number of carbonyl (C=O) groups excluding carboxylic acids is 1. The molecular formula is C15H22N2OS. The predicted octanol–water partition coefficient (Wildman–Crippen LogP) is 2.47. The van der Waals surface area contributed by atoms with Crippen LogP contribution < -0.4 is 11.1 Å². The molecule has 104 valence electrons. The standard InChI is InChI=1S/C15H22N2OS/c1-11-5-3-4-6-13(11)19-10-9-15(2,14(16)18)17-12-7-8-12/h3-6,12,17H,7-10H2,1-2H3,(H2,16,18). The van der Waals surface area contributed by atoms with Gasteiger partial charge in [-0.15, -0.1) is 11.8 Å². The van der Waals surface area contributed by atoms with Gasteiger partial charge in [-0.25, -0.2) is 0 Å². The van der Waals surface area contributed by atoms with Crippen LogP contribution in [0.1, 0.15) is 31.7 Å². The Hall–Kier alpha value is -1.00. The van der Waals surface area contributed by atoms with Crippen LogP contribution in [0.25, 0.3) is 0 Å². The molecule has 1 aliphatic rings. The average Bonchev–Trinajstić information content (AvgIpc) is 3.15. The minimum atomic E-state index is -0.573. The first-order chi connectivity index (χ1) is 9.01. The third-order valence-electron chi connectivity index (χ3n) is 3.60. The lowest BCUT2D eigenvalue weighted by molar-refractivity contribution is -0.124. The van der Waals surface area contributed by atoms with Gasteiger partial charge in [0.1, 0.15) is 0 Å². The molecule has 0 aliphatic heterocycles. The van der Waals surface area contributed by atoms with E-state index in [1.165, 1.54) is 10.5 Å². The minimum Gasteiger partial charge on any atom is -0.368 e. The molecule has 1 atom stereocenters. The Morgan fingerprint density at radius 1 is 1.47 bits per heavy atom. The summed E-state index contributed by atoms with van der Waals surface area (Å²) in [5, 5.41) is 3.38. The van der Waals surface area contributed by atoms with E-state index in [0.717, 1.165) is 25.0 Å². The topological polar surface area (TPSA) is 55.1 Å². The van der Waals surface area contributed by atoms with Crippen molar-refractivity contribution in [3.05, 3.63) is 29.8 Å². The zero-order valence-corrected chi connectivity index (χ0v) is 12.4. The average molecular weight is 278 g/mol. The second-order valence-corrected chi connectivity index (χ2v) is 6.62. The van der Waals surface area contributed by atoms with Crippen molar-refractivity contribution in [2.75, 3.05) is 5.75 Å². The van der Waals surface area contributed by atoms with Crippen molar-refractivity contribution >= 4 is 17.7 Å². The lowest BCUT2D eigenvalue weighted by atomic mass is 9.98. The van der Waals surface area contributed by atoms with E-state index in [9.17, 15) is 4.79 Å². The number of hydrogen-bond acceptors (Lipinski definition) is 3. The fourth-order valence-corrected chi connectivity index (χ4v) is 3.23. The van der Waals surface area contributed by atoms with Gasteiger partial charge in [0.15, 0.2) is 0 Å². The van der Waals surface area contributed by atoms with Crippen LogP contribution in [0.15, 0.2) is 29.2 Å². The maximum Gasteiger partial charge on any atom is 0.237 e. The van der Waals surface area contributed by atoms with Crippen molar-refractivity contribution in [1.82, 2.24) is 5.32 Å². The summed E-state index contributed by atoms with van der Waals surface area (Å²) in [6, 6.07) is 8.81. The Kier molecular flexibility index (Phi) is 4.53. The first-order valence-electron chi connectivity index (χ1n) is 6.77. The first kappa shape index (κ1) is 14.4. The number of primary amides is 1. The maximum atomic E-state index is 11.6. The van der Waals surface area contributed by atoms with Gasteiger partial charge in [-0.05, 0) is 44.7 Å². The van der Waals surface area contributed by atoms with Crippen LogP contribution in [0.3, 0.4) is 0 Å². The van der Waals surface area contributed by atoms with Crippen LogP contribution in [0.4, 0.5) is 0 Å². The van der Waals surface area contributed by atoms with Crippen molar-refractivity contribution in [3.63, 3.8) is 0 Å². The molecule has 1 aromatic carbocycles. The Morgan fingerprint density at radius 3 is 2.74 bits per heavy atom. The molecule has 0 radical (unpaired) electrons. The number of aryl methyl sites for hydroxylation is 1. The number of carbonyl (C=O) groups is 1. The van der Waals surface area contributed by atoms with Gasteiger partial charge in [0.25, 0.3) is 0 Å². The zero-order chi connectivity index (χ0) is 13.9. The third-order valence-corrected chi connectivity index (χ3v) is 4.77. The number of hydrogen-bond donors (Lipinski definition) is 2. The van der Waals surface area contributed by atoms with Crippen molar-refractivity contribution in [2.45, 2.75) is 49.6 Å². The number of amides is 1. The van der Waals surface area contributed by atoms with E-state index in [1.807, 2.05) is 19.1 Å². The molecule has 1 fully saturated rings. The molecule has 2 rings (SSSR count). The number of benzene rings is 1. The van der Waals surface area contributed by atoms with Gasteiger partial charge in [0.05, 0.1) is 5.54 Å². The highest BCUT2D eigenvalue weighted by Gasteiger charge is 2.36. The van der Waals surface area contributed by atoms with Crippen LogP contribution in [0.2, 0.25) is 0 Å². The van der Waals surface area contributed by atoms with Crippen LogP contribution in [0.5, 0.6) is 0 Å². The number of nitrogens with one attached hydrogen (secondary N) is 1. The van der Waals surface area contributed by atoms with E-state index >= 15 is 0 Å². The van der Waals surface area contributed by atoms with E-state index in [1.54, 1.807) is 11.8 Å². The monoisotopic (exact) mass is 278 g/mol. The summed E-state index contributed by atoms with van der Waals surface area (Å²) in [5.41, 5.74) is 6.25. The predicted molar refractivity (Wildman–Crippen MR) is 80.3 cm³/mol. The Bertz CT molecular complexity index is 459. The molecule has 1 unspecified atom stereocenters. The highest BCUT2D eigenvalue weighted by molar-refractivity contribution is 7.99. The van der Waals surface area contributed by atoms with Crippen molar-refractivity contribution in [2.24, 2.45) is 5.73 Å². The summed E-state index contributed by atoms with van der Waals surface area (Å²) in [5.74, 6) is 0.647. The summed E-state index contributed by atoms with van der Waals surface area (Å²) in [6.07, 6.45) is 3.08. The molecule has 0 bridgehead atoms. The lowest BCUT2D eigenvalue weighted by Crippen LogP contribution is -2.54. The minimum absolute atomic E-state index is 0.246. The molecule has 3 N–H and O–H groups in total. The van der Waals surface area contributed by atoms with Gasteiger partial charge in [-0.1, -0.05) is 18.2 Å². The van der Waals surface area contributed by atoms with Crippen molar-refractivity contribution in [3.8, 4) is 0 Å². The van der Waals surface area contributed by atoms with Crippen LogP contribution >= 0.6 is 11.8 Å². The summed E-state index contributed by atoms with van der Waals surface area (Å²) in [4.78, 5) is 12.9. The van der Waals surface area contributed by atoms with E-state index in [-0.39, 0.29) is 5.91 Å². The van der Waals surface area contributed by atoms with Crippen LogP contribution in [-0.4, -0.2) is 23.2 Å². The van der Waals surface area contributed by atoms with Crippen molar-refractivity contribution < 1.29 is 4.79 Å². The molecule has 4 heteroatoms. The fourth-order valence-electron chi connectivity index (χ4n) is 2.03. The molecule has 1 aromatic rings. The molecule has 1 saturated carbocycles. The smallest absolute Gasteiger partial charge is 0.237 e. The number of rotatable bonds is 7. The van der Waals surface area contributed by atoms with E-state index in [2.05, 4.69) is 24.4 Å². The summed E-state index contributed by atoms with van der Waals surface area (Å²) in [6.45, 7) is 4.03. The Labute approximate surface area is 119 Å². The largest absolute Gasteiger partial charge is 0.368 e. The van der Waals surface area contributed by atoms with Crippen LogP contribution in [0, 0.1) is 6.92 Å². The van der Waals surface area contributed by atoms with Gasteiger partial charge in [0.2, 0.25) is 5.91 Å². The van der Waals surface area contributed by atoms with Crippen molar-refractivity contribution in [1.29, 1.82) is 0 Å². The quantitative estimate of drug-likeness (QED) is 0.753. The number of thioether (sulfide) groups is 1. The van der Waals surface area contributed by atoms with Crippen LogP contribution in [-0.2, 0) is 4.79 Å². The first-order valence-corrected chi connectivity index (χ1v) is 7.76. The molecular weight excluding hydrogens is 256 g/mol. The van der Waals surface area contributed by atoms with Gasteiger partial charge in [-0.2, -0.15) is 0 Å². The van der Waals surface area contributed by atoms with Gasteiger partial charge in [-0.3, -0.25) is 4.79 Å². The summed E-state index contributed by atoms with van der Waals surface area (Å²) >= 11 is 1.79. The third kappa shape index (κ3) is 3.98. The summed E-state index contributed by atoms with van der Waals surface area (Å²) in [7, 11) is 0. The lowest BCUT2D eigenvalue weighted by Gasteiger charge is -2.27. The Balaban J connectivity index is 1.88. The van der Waals surface area contributed by atoms with Gasteiger partial charge in [0, 0.05) is 16.7 Å². The number of nitrogens with two attached hydrogens (primary N) is 1. The molecule has 3 nitrogen and oxygen atoms in total. The molecule has 0 aromatic heterocycles.